The fraction of sp³-hybridized carbons (Fsp3) is 0.619. The van der Waals surface area contributed by atoms with Crippen molar-refractivity contribution in [3.05, 3.63) is 35.4 Å². The average Bonchev–Trinajstić information content (AvgIpc) is 2.68. The first-order chi connectivity index (χ1) is 12.5. The molecule has 0 atom stereocenters. The zero-order valence-corrected chi connectivity index (χ0v) is 16.1. The van der Waals surface area contributed by atoms with E-state index in [0.29, 0.717) is 6.04 Å². The smallest absolute Gasteiger partial charge is 0.253 e. The molecule has 2 amide bonds. The molecule has 0 aromatic heterocycles. The Hall–Kier alpha value is -1.88. The number of carbonyl (C=O) groups is 2. The number of carbonyl (C=O) groups excluding carboxylic acids is 2. The lowest BCUT2D eigenvalue weighted by Crippen LogP contribution is -2.44. The van der Waals surface area contributed by atoms with Crippen molar-refractivity contribution >= 4 is 11.8 Å². The first-order valence-electron chi connectivity index (χ1n) is 9.88. The van der Waals surface area contributed by atoms with Gasteiger partial charge in [-0.3, -0.25) is 14.5 Å². The Morgan fingerprint density at radius 3 is 2.42 bits per heavy atom. The van der Waals surface area contributed by atoms with Crippen LogP contribution in [0, 0.1) is 0 Å². The van der Waals surface area contributed by atoms with Crippen molar-refractivity contribution in [1.82, 2.24) is 14.7 Å². The van der Waals surface area contributed by atoms with E-state index in [2.05, 4.69) is 17.0 Å². The van der Waals surface area contributed by atoms with E-state index in [1.807, 2.05) is 29.0 Å². The first kappa shape index (κ1) is 18.9. The molecule has 142 valence electrons. The number of hydrogen-bond acceptors (Lipinski definition) is 3. The van der Waals surface area contributed by atoms with Gasteiger partial charge in [0, 0.05) is 58.3 Å². The van der Waals surface area contributed by atoms with Crippen LogP contribution in [-0.2, 0) is 11.3 Å². The fourth-order valence-electron chi connectivity index (χ4n) is 4.06. The van der Waals surface area contributed by atoms with Gasteiger partial charge in [-0.05, 0) is 49.8 Å². The summed E-state index contributed by atoms with van der Waals surface area (Å²) in [5, 5.41) is 0. The number of amides is 2. The van der Waals surface area contributed by atoms with Gasteiger partial charge in [-0.1, -0.05) is 12.1 Å². The lowest BCUT2D eigenvalue weighted by molar-refractivity contribution is -0.130. The van der Waals surface area contributed by atoms with Gasteiger partial charge in [0.05, 0.1) is 0 Å². The zero-order chi connectivity index (χ0) is 18.5. The second-order valence-corrected chi connectivity index (χ2v) is 7.69. The lowest BCUT2D eigenvalue weighted by atomic mass is 10.0. The third kappa shape index (κ3) is 4.64. The Labute approximate surface area is 156 Å². The van der Waals surface area contributed by atoms with Crippen LogP contribution < -0.4 is 0 Å². The molecule has 2 aliphatic rings. The highest BCUT2D eigenvalue weighted by Gasteiger charge is 2.24. The minimum absolute atomic E-state index is 0.146. The molecular weight excluding hydrogens is 326 g/mol. The van der Waals surface area contributed by atoms with Gasteiger partial charge in [0.25, 0.3) is 5.91 Å². The summed E-state index contributed by atoms with van der Waals surface area (Å²) in [4.78, 5) is 30.5. The first-order valence-corrected chi connectivity index (χ1v) is 9.88. The molecule has 5 heteroatoms. The summed E-state index contributed by atoms with van der Waals surface area (Å²) < 4.78 is 0. The third-order valence-corrected chi connectivity index (χ3v) is 5.82. The Kier molecular flexibility index (Phi) is 6.30. The van der Waals surface area contributed by atoms with E-state index in [0.717, 1.165) is 64.0 Å². The molecule has 1 aromatic rings. The minimum Gasteiger partial charge on any atom is -0.343 e. The van der Waals surface area contributed by atoms with Gasteiger partial charge in [-0.2, -0.15) is 0 Å². The average molecular weight is 357 g/mol. The molecule has 0 aliphatic carbocycles. The molecule has 2 fully saturated rings. The van der Waals surface area contributed by atoms with Crippen LogP contribution in [0.2, 0.25) is 0 Å². The Morgan fingerprint density at radius 1 is 1.08 bits per heavy atom. The molecule has 0 N–H and O–H groups in total. The maximum absolute atomic E-state index is 12.7. The Morgan fingerprint density at radius 2 is 1.77 bits per heavy atom. The second-order valence-electron chi connectivity index (χ2n) is 7.69. The summed E-state index contributed by atoms with van der Waals surface area (Å²) in [6.45, 7) is 6.27. The molecule has 2 aliphatic heterocycles. The summed E-state index contributed by atoms with van der Waals surface area (Å²) in [6, 6.07) is 8.47. The van der Waals surface area contributed by atoms with Crippen molar-refractivity contribution in [2.75, 3.05) is 33.2 Å². The van der Waals surface area contributed by atoms with Crippen LogP contribution in [0.5, 0.6) is 0 Å². The van der Waals surface area contributed by atoms with Gasteiger partial charge >= 0.3 is 0 Å². The number of rotatable bonds is 4. The van der Waals surface area contributed by atoms with E-state index in [4.69, 9.17) is 0 Å². The monoisotopic (exact) mass is 357 g/mol. The highest BCUT2D eigenvalue weighted by Crippen LogP contribution is 2.19. The van der Waals surface area contributed by atoms with Crippen molar-refractivity contribution in [2.45, 2.75) is 51.6 Å². The molecule has 0 bridgehead atoms. The van der Waals surface area contributed by atoms with Crippen molar-refractivity contribution in [2.24, 2.45) is 0 Å². The van der Waals surface area contributed by atoms with Crippen LogP contribution in [0.15, 0.2) is 24.3 Å². The highest BCUT2D eigenvalue weighted by molar-refractivity contribution is 5.94. The summed E-state index contributed by atoms with van der Waals surface area (Å²) in [6.07, 6.45) is 5.51. The summed E-state index contributed by atoms with van der Waals surface area (Å²) in [5.41, 5.74) is 2.02. The Balaban J connectivity index is 1.56. The minimum atomic E-state index is 0.146. The van der Waals surface area contributed by atoms with Crippen molar-refractivity contribution < 1.29 is 9.59 Å². The van der Waals surface area contributed by atoms with Gasteiger partial charge in [-0.25, -0.2) is 0 Å². The standard InChI is InChI=1S/C21H31N3O2/c1-17(25)22(2)20-9-13-23(14-10-20)16-18-7-6-8-19(15-18)21(26)24-11-4-3-5-12-24/h6-8,15,20H,3-5,9-14,16H2,1-2H3. The zero-order valence-electron chi connectivity index (χ0n) is 16.1. The van der Waals surface area contributed by atoms with Gasteiger partial charge in [0.1, 0.15) is 0 Å². The molecule has 0 radical (unpaired) electrons. The van der Waals surface area contributed by atoms with Crippen LogP contribution in [0.4, 0.5) is 0 Å². The van der Waals surface area contributed by atoms with Gasteiger partial charge in [-0.15, -0.1) is 0 Å². The predicted octanol–water partition coefficient (Wildman–Crippen LogP) is 2.76. The largest absolute Gasteiger partial charge is 0.343 e. The maximum atomic E-state index is 12.7. The Bertz CT molecular complexity index is 632. The summed E-state index contributed by atoms with van der Waals surface area (Å²) in [5.74, 6) is 0.320. The molecule has 2 heterocycles. The van der Waals surface area contributed by atoms with E-state index >= 15 is 0 Å². The number of nitrogens with zero attached hydrogens (tertiary/aromatic N) is 3. The van der Waals surface area contributed by atoms with Crippen molar-refractivity contribution in [1.29, 1.82) is 0 Å². The fourth-order valence-corrected chi connectivity index (χ4v) is 4.06. The van der Waals surface area contributed by atoms with Crippen LogP contribution in [0.3, 0.4) is 0 Å². The number of piperidine rings is 2. The lowest BCUT2D eigenvalue weighted by Gasteiger charge is -2.36. The molecule has 26 heavy (non-hydrogen) atoms. The van der Waals surface area contributed by atoms with Crippen LogP contribution in [0.1, 0.15) is 54.9 Å². The van der Waals surface area contributed by atoms with Crippen LogP contribution in [-0.4, -0.2) is 65.8 Å². The van der Waals surface area contributed by atoms with Crippen molar-refractivity contribution in [3.63, 3.8) is 0 Å². The topological polar surface area (TPSA) is 43.9 Å². The van der Waals surface area contributed by atoms with E-state index in [1.54, 1.807) is 6.92 Å². The van der Waals surface area contributed by atoms with E-state index < -0.39 is 0 Å². The molecule has 0 spiro atoms. The van der Waals surface area contributed by atoms with Gasteiger partial charge < -0.3 is 9.80 Å². The van der Waals surface area contributed by atoms with Crippen LogP contribution in [0.25, 0.3) is 0 Å². The van der Waals surface area contributed by atoms with E-state index in [1.165, 1.54) is 12.0 Å². The molecule has 5 nitrogen and oxygen atoms in total. The maximum Gasteiger partial charge on any atom is 0.253 e. The number of likely N-dealkylation sites (tertiary alicyclic amines) is 2. The summed E-state index contributed by atoms with van der Waals surface area (Å²) in [7, 11) is 1.90. The molecule has 0 saturated carbocycles. The normalized spacial score (nSPS) is 19.4. The second kappa shape index (κ2) is 8.67. The molecule has 3 rings (SSSR count). The predicted molar refractivity (Wildman–Crippen MR) is 103 cm³/mol. The third-order valence-electron chi connectivity index (χ3n) is 5.82. The van der Waals surface area contributed by atoms with Gasteiger partial charge in [0.15, 0.2) is 0 Å². The van der Waals surface area contributed by atoms with E-state index in [-0.39, 0.29) is 11.8 Å². The summed E-state index contributed by atoms with van der Waals surface area (Å²) >= 11 is 0. The quantitative estimate of drug-likeness (QED) is 0.832. The molecular formula is C21H31N3O2. The van der Waals surface area contributed by atoms with Gasteiger partial charge in [0.2, 0.25) is 5.91 Å². The molecule has 0 unspecified atom stereocenters. The number of benzene rings is 1. The van der Waals surface area contributed by atoms with Crippen molar-refractivity contribution in [3.8, 4) is 0 Å². The molecule has 2 saturated heterocycles. The van der Waals surface area contributed by atoms with E-state index in [9.17, 15) is 9.59 Å². The van der Waals surface area contributed by atoms with Crippen LogP contribution >= 0.6 is 0 Å². The number of hydrogen-bond donors (Lipinski definition) is 0. The highest BCUT2D eigenvalue weighted by atomic mass is 16.2. The molecule has 1 aromatic carbocycles. The SMILES string of the molecule is CC(=O)N(C)C1CCN(Cc2cccc(C(=O)N3CCCCC3)c2)CC1.